The maximum absolute atomic E-state index is 13.0. The van der Waals surface area contributed by atoms with Crippen molar-refractivity contribution in [1.29, 1.82) is 0 Å². The summed E-state index contributed by atoms with van der Waals surface area (Å²) in [5, 5.41) is 0. The molecule has 0 saturated carbocycles. The van der Waals surface area contributed by atoms with E-state index in [4.69, 9.17) is 4.42 Å². The number of hydrogen-bond donors (Lipinski definition) is 1. The van der Waals surface area contributed by atoms with E-state index in [1.165, 1.54) is 25.5 Å². The van der Waals surface area contributed by atoms with E-state index in [0.717, 1.165) is 6.07 Å². The van der Waals surface area contributed by atoms with E-state index in [2.05, 4.69) is 9.71 Å². The Hall–Kier alpha value is -1.73. The number of benzene rings is 1. The van der Waals surface area contributed by atoms with Crippen LogP contribution in [0.3, 0.4) is 0 Å². The molecule has 5 nitrogen and oxygen atoms in total. The lowest BCUT2D eigenvalue weighted by atomic mass is 10.2. The summed E-state index contributed by atoms with van der Waals surface area (Å²) in [6, 6.07) is 3.52. The van der Waals surface area contributed by atoms with E-state index in [1.807, 2.05) is 0 Å². The maximum Gasteiger partial charge on any atom is 0.241 e. The van der Waals surface area contributed by atoms with Crippen LogP contribution >= 0.6 is 0 Å². The summed E-state index contributed by atoms with van der Waals surface area (Å²) in [6.07, 6.45) is 1.25. The number of rotatable bonds is 4. The second-order valence-electron chi connectivity index (χ2n) is 4.10. The largest absolute Gasteiger partial charge is 0.447 e. The average molecular weight is 284 g/mol. The molecule has 0 unspecified atom stereocenters. The number of nitrogens with one attached hydrogen (secondary N) is 1. The Morgan fingerprint density at radius 2 is 2.11 bits per heavy atom. The van der Waals surface area contributed by atoms with Crippen LogP contribution in [-0.4, -0.2) is 13.4 Å². The van der Waals surface area contributed by atoms with E-state index in [0.29, 0.717) is 17.0 Å². The van der Waals surface area contributed by atoms with Crippen molar-refractivity contribution in [3.63, 3.8) is 0 Å². The molecule has 0 bridgehead atoms. The summed E-state index contributed by atoms with van der Waals surface area (Å²) in [5.74, 6) is -0.0223. The lowest BCUT2D eigenvalue weighted by molar-refractivity contribution is 0.492. The Kier molecular flexibility index (Phi) is 3.68. The van der Waals surface area contributed by atoms with Crippen LogP contribution < -0.4 is 4.72 Å². The third-order valence-electron chi connectivity index (χ3n) is 2.69. The van der Waals surface area contributed by atoms with Crippen molar-refractivity contribution in [2.75, 3.05) is 0 Å². The first-order valence-electron chi connectivity index (χ1n) is 5.55. The van der Waals surface area contributed by atoms with Gasteiger partial charge in [-0.25, -0.2) is 22.5 Å². The highest BCUT2D eigenvalue weighted by atomic mass is 32.2. The highest BCUT2D eigenvalue weighted by Crippen LogP contribution is 2.16. The number of aromatic nitrogens is 1. The summed E-state index contributed by atoms with van der Waals surface area (Å²) in [6.45, 7) is 3.26. The lowest BCUT2D eigenvalue weighted by Gasteiger charge is -2.08. The molecule has 1 N–H and O–H groups in total. The summed E-state index contributed by atoms with van der Waals surface area (Å²) >= 11 is 0. The van der Waals surface area contributed by atoms with Gasteiger partial charge in [0.05, 0.1) is 17.1 Å². The highest BCUT2D eigenvalue weighted by Gasteiger charge is 2.18. The molecule has 0 aliphatic rings. The molecule has 0 fully saturated rings. The molecule has 0 aliphatic heterocycles. The first kappa shape index (κ1) is 13.7. The minimum atomic E-state index is -3.70. The Balaban J connectivity index is 2.21. The van der Waals surface area contributed by atoms with Crippen molar-refractivity contribution in [3.05, 3.63) is 47.4 Å². The van der Waals surface area contributed by atoms with Crippen molar-refractivity contribution in [2.45, 2.75) is 25.3 Å². The zero-order chi connectivity index (χ0) is 14.0. The minimum absolute atomic E-state index is 0.00494. The Morgan fingerprint density at radius 3 is 2.68 bits per heavy atom. The smallest absolute Gasteiger partial charge is 0.241 e. The van der Waals surface area contributed by atoms with Gasteiger partial charge in [0.2, 0.25) is 10.0 Å². The van der Waals surface area contributed by atoms with Gasteiger partial charge >= 0.3 is 0 Å². The molecule has 0 aliphatic carbocycles. The van der Waals surface area contributed by atoms with E-state index >= 15 is 0 Å². The van der Waals surface area contributed by atoms with Gasteiger partial charge < -0.3 is 4.42 Å². The Labute approximate surface area is 110 Å². The fraction of sp³-hybridized carbons (Fsp3) is 0.250. The molecule has 0 saturated heterocycles. The van der Waals surface area contributed by atoms with Crippen LogP contribution in [0.25, 0.3) is 0 Å². The Bertz CT molecular complexity index is 695. The molecule has 7 heteroatoms. The molecule has 19 heavy (non-hydrogen) atoms. The highest BCUT2D eigenvalue weighted by molar-refractivity contribution is 7.89. The monoisotopic (exact) mass is 284 g/mol. The molecule has 0 amide bonds. The number of oxazole rings is 1. The summed E-state index contributed by atoms with van der Waals surface area (Å²) in [7, 11) is -3.70. The third kappa shape index (κ3) is 2.99. The van der Waals surface area contributed by atoms with Crippen LogP contribution in [0, 0.1) is 19.7 Å². The molecule has 2 rings (SSSR count). The topological polar surface area (TPSA) is 72.2 Å². The van der Waals surface area contributed by atoms with Gasteiger partial charge in [-0.15, -0.1) is 0 Å². The van der Waals surface area contributed by atoms with Gasteiger partial charge in [-0.05, 0) is 37.6 Å². The zero-order valence-electron chi connectivity index (χ0n) is 10.5. The van der Waals surface area contributed by atoms with Crippen molar-refractivity contribution < 1.29 is 17.2 Å². The molecule has 1 aromatic heterocycles. The lowest BCUT2D eigenvalue weighted by Crippen LogP contribution is -2.24. The van der Waals surface area contributed by atoms with Crippen molar-refractivity contribution in [2.24, 2.45) is 0 Å². The van der Waals surface area contributed by atoms with Gasteiger partial charge in [-0.3, -0.25) is 0 Å². The SMILES string of the molecule is Cc1cc(F)ccc1S(=O)(=O)NCc1ocnc1C. The fourth-order valence-corrected chi connectivity index (χ4v) is 2.86. The second-order valence-corrected chi connectivity index (χ2v) is 5.83. The van der Waals surface area contributed by atoms with E-state index in [1.54, 1.807) is 6.92 Å². The average Bonchev–Trinajstić information content (AvgIpc) is 2.72. The quantitative estimate of drug-likeness (QED) is 0.931. The van der Waals surface area contributed by atoms with Crippen LogP contribution in [0.1, 0.15) is 17.0 Å². The van der Waals surface area contributed by atoms with Gasteiger partial charge in [-0.1, -0.05) is 0 Å². The number of hydrogen-bond acceptors (Lipinski definition) is 4. The Morgan fingerprint density at radius 1 is 1.37 bits per heavy atom. The van der Waals surface area contributed by atoms with Crippen molar-refractivity contribution >= 4 is 10.0 Å². The van der Waals surface area contributed by atoms with Gasteiger partial charge in [0.25, 0.3) is 0 Å². The van der Waals surface area contributed by atoms with Crippen LogP contribution in [0.2, 0.25) is 0 Å². The molecule has 0 radical (unpaired) electrons. The second kappa shape index (κ2) is 5.10. The maximum atomic E-state index is 13.0. The normalized spacial score (nSPS) is 11.7. The summed E-state index contributed by atoms with van der Waals surface area (Å²) in [4.78, 5) is 3.92. The molecular weight excluding hydrogens is 271 g/mol. The molecular formula is C12H13FN2O3S. The molecule has 102 valence electrons. The van der Waals surface area contributed by atoms with E-state index < -0.39 is 15.8 Å². The molecule has 0 spiro atoms. The van der Waals surface area contributed by atoms with E-state index in [-0.39, 0.29) is 11.4 Å². The minimum Gasteiger partial charge on any atom is -0.447 e. The summed E-state index contributed by atoms with van der Waals surface area (Å²) < 4.78 is 44.6. The van der Waals surface area contributed by atoms with Gasteiger partial charge in [0.1, 0.15) is 11.6 Å². The number of aryl methyl sites for hydroxylation is 2. The standard InChI is InChI=1S/C12H13FN2O3S/c1-8-5-10(13)3-4-12(8)19(16,17)15-6-11-9(2)14-7-18-11/h3-5,7,15H,6H2,1-2H3. The first-order chi connectivity index (χ1) is 8.90. The van der Waals surface area contributed by atoms with Crippen LogP contribution in [0.15, 0.2) is 33.9 Å². The van der Waals surface area contributed by atoms with Crippen LogP contribution in [0.5, 0.6) is 0 Å². The third-order valence-corrected chi connectivity index (χ3v) is 4.26. The summed E-state index contributed by atoms with van der Waals surface area (Å²) in [5.41, 5.74) is 0.973. The predicted octanol–water partition coefficient (Wildman–Crippen LogP) is 1.91. The zero-order valence-corrected chi connectivity index (χ0v) is 11.3. The molecule has 0 atom stereocenters. The molecule has 1 aromatic carbocycles. The van der Waals surface area contributed by atoms with E-state index in [9.17, 15) is 12.8 Å². The van der Waals surface area contributed by atoms with Gasteiger partial charge in [0.15, 0.2) is 6.39 Å². The fourth-order valence-electron chi connectivity index (χ4n) is 1.65. The predicted molar refractivity (Wildman–Crippen MR) is 66.4 cm³/mol. The van der Waals surface area contributed by atoms with Crippen LogP contribution in [0.4, 0.5) is 4.39 Å². The van der Waals surface area contributed by atoms with Gasteiger partial charge in [0, 0.05) is 0 Å². The van der Waals surface area contributed by atoms with Crippen LogP contribution in [-0.2, 0) is 16.6 Å². The molecule has 2 aromatic rings. The number of nitrogens with zero attached hydrogens (tertiary/aromatic N) is 1. The first-order valence-corrected chi connectivity index (χ1v) is 7.03. The number of sulfonamides is 1. The number of halogens is 1. The van der Waals surface area contributed by atoms with Crippen molar-refractivity contribution in [3.8, 4) is 0 Å². The van der Waals surface area contributed by atoms with Crippen molar-refractivity contribution in [1.82, 2.24) is 9.71 Å². The van der Waals surface area contributed by atoms with Gasteiger partial charge in [-0.2, -0.15) is 0 Å². The molecule has 1 heterocycles.